The van der Waals surface area contributed by atoms with Gasteiger partial charge in [-0.05, 0) is 43.4 Å². The van der Waals surface area contributed by atoms with Gasteiger partial charge in [-0.25, -0.2) is 4.98 Å². The summed E-state index contributed by atoms with van der Waals surface area (Å²) < 4.78 is 0. The van der Waals surface area contributed by atoms with Gasteiger partial charge in [0.1, 0.15) is 17.9 Å². The Kier molecular flexibility index (Phi) is 4.40. The fourth-order valence-corrected chi connectivity index (χ4v) is 3.79. The molecule has 0 spiro atoms. The van der Waals surface area contributed by atoms with Gasteiger partial charge in [-0.1, -0.05) is 6.08 Å². The predicted molar refractivity (Wildman–Crippen MR) is 102 cm³/mol. The highest BCUT2D eigenvalue weighted by atomic mass is 16.2. The second-order valence-electron chi connectivity index (χ2n) is 7.07. The van der Waals surface area contributed by atoms with Gasteiger partial charge in [0.15, 0.2) is 0 Å². The molecule has 138 valence electrons. The van der Waals surface area contributed by atoms with E-state index in [1.165, 1.54) is 0 Å². The van der Waals surface area contributed by atoms with Crippen LogP contribution >= 0.6 is 0 Å². The number of pyridine rings is 1. The Morgan fingerprint density at radius 1 is 1.52 bits per heavy atom. The van der Waals surface area contributed by atoms with E-state index < -0.39 is 0 Å². The normalized spacial score (nSPS) is 16.7. The molecule has 3 heterocycles. The van der Waals surface area contributed by atoms with Crippen LogP contribution < -0.4 is 4.90 Å². The average molecular weight is 363 g/mol. The first kappa shape index (κ1) is 17.3. The van der Waals surface area contributed by atoms with E-state index in [4.69, 9.17) is 10.2 Å². The van der Waals surface area contributed by atoms with E-state index >= 15 is 0 Å². The quantitative estimate of drug-likeness (QED) is 0.826. The highest BCUT2D eigenvalue weighted by Crippen LogP contribution is 2.38. The Balaban J connectivity index is 1.74. The smallest absolute Gasteiger partial charge is 0.237 e. The Labute approximate surface area is 157 Å². The molecule has 4 rings (SSSR count). The van der Waals surface area contributed by atoms with Crippen molar-refractivity contribution in [2.45, 2.75) is 38.6 Å². The standard InChI is InChI=1S/C20H21N5O2/c1-13-18(14-6-10-24(11-7-14)17(27)4-8-21)16-5-9-22-19(16)23-20(13)25(12-26)15-2-3-15/h5-6,9,12,15H,2-4,7,10-11H2,1H3,(H,22,23). The summed E-state index contributed by atoms with van der Waals surface area (Å²) in [5.74, 6) is 0.578. The zero-order chi connectivity index (χ0) is 19.0. The van der Waals surface area contributed by atoms with Crippen molar-refractivity contribution in [1.82, 2.24) is 14.9 Å². The number of carbonyl (C=O) groups is 2. The molecular formula is C20H21N5O2. The first-order valence-electron chi connectivity index (χ1n) is 9.19. The van der Waals surface area contributed by atoms with Crippen LogP contribution in [-0.2, 0) is 9.59 Å². The molecule has 7 nitrogen and oxygen atoms in total. The first-order valence-corrected chi connectivity index (χ1v) is 9.19. The molecular weight excluding hydrogens is 342 g/mol. The summed E-state index contributed by atoms with van der Waals surface area (Å²) in [6.07, 6.45) is 7.44. The summed E-state index contributed by atoms with van der Waals surface area (Å²) >= 11 is 0. The molecule has 1 aliphatic carbocycles. The number of aromatic amines is 1. The van der Waals surface area contributed by atoms with E-state index in [1.54, 1.807) is 9.80 Å². The van der Waals surface area contributed by atoms with Gasteiger partial charge in [0, 0.05) is 36.3 Å². The van der Waals surface area contributed by atoms with Gasteiger partial charge in [0.2, 0.25) is 12.3 Å². The van der Waals surface area contributed by atoms with Gasteiger partial charge in [-0.2, -0.15) is 5.26 Å². The molecule has 27 heavy (non-hydrogen) atoms. The maximum Gasteiger partial charge on any atom is 0.237 e. The van der Waals surface area contributed by atoms with Crippen molar-refractivity contribution < 1.29 is 9.59 Å². The number of hydrogen-bond donors (Lipinski definition) is 1. The van der Waals surface area contributed by atoms with Crippen LogP contribution in [0, 0.1) is 18.3 Å². The third-order valence-electron chi connectivity index (χ3n) is 5.33. The summed E-state index contributed by atoms with van der Waals surface area (Å²) in [5, 5.41) is 9.76. The van der Waals surface area contributed by atoms with Crippen molar-refractivity contribution in [3.63, 3.8) is 0 Å². The number of nitriles is 1. The molecule has 2 aliphatic rings. The van der Waals surface area contributed by atoms with E-state index in [2.05, 4.69) is 11.1 Å². The fraction of sp³-hybridized carbons (Fsp3) is 0.400. The Morgan fingerprint density at radius 2 is 2.33 bits per heavy atom. The van der Waals surface area contributed by atoms with Crippen LogP contribution in [0.3, 0.4) is 0 Å². The van der Waals surface area contributed by atoms with Gasteiger partial charge in [0.05, 0.1) is 6.07 Å². The second-order valence-corrected chi connectivity index (χ2v) is 7.07. The first-order chi connectivity index (χ1) is 13.1. The second kappa shape index (κ2) is 6.88. The lowest BCUT2D eigenvalue weighted by Gasteiger charge is -2.28. The predicted octanol–water partition coefficient (Wildman–Crippen LogP) is 2.53. The summed E-state index contributed by atoms with van der Waals surface area (Å²) in [5.41, 5.74) is 4.01. The number of nitrogens with one attached hydrogen (secondary N) is 1. The summed E-state index contributed by atoms with van der Waals surface area (Å²) in [4.78, 5) is 34.9. The number of aromatic nitrogens is 2. The SMILES string of the molecule is Cc1c(N(C=O)C2CC2)nc2[nH]ccc2c1C1=CCN(C(=O)CC#N)CC1. The highest BCUT2D eigenvalue weighted by Gasteiger charge is 2.32. The van der Waals surface area contributed by atoms with Gasteiger partial charge in [0.25, 0.3) is 0 Å². The zero-order valence-corrected chi connectivity index (χ0v) is 15.2. The Hall–Kier alpha value is -3.14. The molecule has 1 saturated carbocycles. The molecule has 2 amide bonds. The minimum atomic E-state index is -0.132. The maximum absolute atomic E-state index is 12.0. The molecule has 1 fully saturated rings. The van der Waals surface area contributed by atoms with Crippen LogP contribution in [-0.4, -0.2) is 46.3 Å². The van der Waals surface area contributed by atoms with Crippen LogP contribution in [0.4, 0.5) is 5.82 Å². The van der Waals surface area contributed by atoms with Gasteiger partial charge in [-0.15, -0.1) is 0 Å². The van der Waals surface area contributed by atoms with Gasteiger partial charge < -0.3 is 9.88 Å². The Bertz CT molecular complexity index is 980. The van der Waals surface area contributed by atoms with Crippen LogP contribution in [0.5, 0.6) is 0 Å². The van der Waals surface area contributed by atoms with Crippen LogP contribution in [0.15, 0.2) is 18.3 Å². The number of hydrogen-bond acceptors (Lipinski definition) is 4. The minimum Gasteiger partial charge on any atom is -0.346 e. The number of rotatable bonds is 5. The molecule has 7 heteroatoms. The molecule has 0 aromatic carbocycles. The van der Waals surface area contributed by atoms with Crippen molar-refractivity contribution in [3.8, 4) is 6.07 Å². The van der Waals surface area contributed by atoms with Crippen LogP contribution in [0.25, 0.3) is 16.6 Å². The van der Waals surface area contributed by atoms with Crippen LogP contribution in [0.1, 0.15) is 36.8 Å². The highest BCUT2D eigenvalue weighted by molar-refractivity contribution is 5.96. The third kappa shape index (κ3) is 3.08. The fourth-order valence-electron chi connectivity index (χ4n) is 3.79. The van der Waals surface area contributed by atoms with Crippen molar-refractivity contribution in [2.24, 2.45) is 0 Å². The molecule has 0 radical (unpaired) electrons. The topological polar surface area (TPSA) is 93.1 Å². The van der Waals surface area contributed by atoms with E-state index in [-0.39, 0.29) is 18.4 Å². The van der Waals surface area contributed by atoms with Crippen molar-refractivity contribution in [1.29, 1.82) is 5.26 Å². The lowest BCUT2D eigenvalue weighted by molar-refractivity contribution is -0.129. The lowest BCUT2D eigenvalue weighted by Crippen LogP contribution is -2.34. The summed E-state index contributed by atoms with van der Waals surface area (Å²) in [7, 11) is 0. The largest absolute Gasteiger partial charge is 0.346 e. The number of nitrogens with zero attached hydrogens (tertiary/aromatic N) is 4. The molecule has 2 aromatic heterocycles. The molecule has 0 saturated heterocycles. The van der Waals surface area contributed by atoms with E-state index in [0.29, 0.717) is 25.3 Å². The van der Waals surface area contributed by atoms with Gasteiger partial charge in [-0.3, -0.25) is 14.5 Å². The average Bonchev–Trinajstić information content (AvgIpc) is 3.40. The molecule has 1 N–H and O–H groups in total. The molecule has 2 aromatic rings. The van der Waals surface area contributed by atoms with Crippen LogP contribution in [0.2, 0.25) is 0 Å². The Morgan fingerprint density at radius 3 is 2.96 bits per heavy atom. The number of fused-ring (bicyclic) bond motifs is 1. The molecule has 1 aliphatic heterocycles. The van der Waals surface area contributed by atoms with Gasteiger partial charge >= 0.3 is 0 Å². The molecule has 0 atom stereocenters. The third-order valence-corrected chi connectivity index (χ3v) is 5.33. The number of carbonyl (C=O) groups excluding carboxylic acids is 2. The van der Waals surface area contributed by atoms with Crippen molar-refractivity contribution in [2.75, 3.05) is 18.0 Å². The molecule has 0 bridgehead atoms. The zero-order valence-electron chi connectivity index (χ0n) is 15.2. The van der Waals surface area contributed by atoms with Crippen molar-refractivity contribution >= 4 is 34.7 Å². The van der Waals surface area contributed by atoms with E-state index in [9.17, 15) is 9.59 Å². The van der Waals surface area contributed by atoms with E-state index in [0.717, 1.165) is 47.0 Å². The summed E-state index contributed by atoms with van der Waals surface area (Å²) in [6, 6.07) is 4.17. The maximum atomic E-state index is 12.0. The van der Waals surface area contributed by atoms with Crippen molar-refractivity contribution in [3.05, 3.63) is 29.5 Å². The lowest BCUT2D eigenvalue weighted by atomic mass is 9.93. The number of anilines is 1. The number of amides is 2. The van der Waals surface area contributed by atoms with E-state index in [1.807, 2.05) is 25.3 Å². The summed E-state index contributed by atoms with van der Waals surface area (Å²) in [6.45, 7) is 3.10. The monoisotopic (exact) mass is 363 g/mol. The minimum absolute atomic E-state index is 0.0840. The molecule has 0 unspecified atom stereocenters. The number of H-pyrrole nitrogens is 1.